The Morgan fingerprint density at radius 3 is 2.91 bits per heavy atom. The first-order chi connectivity index (χ1) is 11.3. The molecule has 0 spiro atoms. The molecular weight excluding hydrogens is 312 g/mol. The summed E-state index contributed by atoms with van der Waals surface area (Å²) < 4.78 is 10.6. The van der Waals surface area contributed by atoms with Crippen molar-refractivity contribution in [1.82, 2.24) is 9.97 Å². The third-order valence-electron chi connectivity index (χ3n) is 3.54. The van der Waals surface area contributed by atoms with E-state index in [4.69, 9.17) is 9.47 Å². The van der Waals surface area contributed by atoms with E-state index in [1.165, 1.54) is 18.1 Å². The number of hydrogen-bond acceptors (Lipinski definition) is 6. The molecule has 0 unspecified atom stereocenters. The summed E-state index contributed by atoms with van der Waals surface area (Å²) in [6.07, 6.45) is 1.52. The molecule has 0 aliphatic carbocycles. The summed E-state index contributed by atoms with van der Waals surface area (Å²) in [6, 6.07) is 13.0. The maximum atomic E-state index is 12.4. The zero-order valence-electron chi connectivity index (χ0n) is 12.1. The number of ketones is 1. The number of benzene rings is 2. The topological polar surface area (TPSA) is 61.3 Å². The van der Waals surface area contributed by atoms with Crippen molar-refractivity contribution in [3.8, 4) is 11.5 Å². The van der Waals surface area contributed by atoms with E-state index in [0.717, 1.165) is 15.9 Å². The fourth-order valence-corrected chi connectivity index (χ4v) is 3.27. The molecule has 2 aromatic carbocycles. The minimum atomic E-state index is 0.0241. The molecule has 0 amide bonds. The zero-order valence-corrected chi connectivity index (χ0v) is 12.9. The van der Waals surface area contributed by atoms with Crippen molar-refractivity contribution in [3.63, 3.8) is 0 Å². The van der Waals surface area contributed by atoms with Gasteiger partial charge in [-0.05, 0) is 24.3 Å². The quantitative estimate of drug-likeness (QED) is 0.417. The molecular formula is C17H12N2O3S. The summed E-state index contributed by atoms with van der Waals surface area (Å²) >= 11 is 1.41. The van der Waals surface area contributed by atoms with Gasteiger partial charge in [0.1, 0.15) is 11.4 Å². The van der Waals surface area contributed by atoms with Gasteiger partial charge in [-0.3, -0.25) is 4.79 Å². The number of carbonyl (C=O) groups excluding carboxylic acids is 1. The number of para-hydroxylation sites is 1. The molecule has 3 aromatic rings. The average Bonchev–Trinajstić information content (AvgIpc) is 3.07. The highest BCUT2D eigenvalue weighted by atomic mass is 32.2. The van der Waals surface area contributed by atoms with Crippen molar-refractivity contribution in [2.75, 3.05) is 12.5 Å². The highest BCUT2D eigenvalue weighted by molar-refractivity contribution is 8.00. The van der Waals surface area contributed by atoms with Crippen LogP contribution in [0.15, 0.2) is 53.8 Å². The fraction of sp³-hybridized carbons (Fsp3) is 0.118. The van der Waals surface area contributed by atoms with Crippen molar-refractivity contribution >= 4 is 28.4 Å². The third-order valence-corrected chi connectivity index (χ3v) is 4.55. The van der Waals surface area contributed by atoms with Crippen LogP contribution >= 0.6 is 11.8 Å². The minimum absolute atomic E-state index is 0.0241. The van der Waals surface area contributed by atoms with Gasteiger partial charge in [-0.25, -0.2) is 9.97 Å². The lowest BCUT2D eigenvalue weighted by molar-refractivity contribution is 0.102. The van der Waals surface area contributed by atoms with E-state index in [1.807, 2.05) is 24.3 Å². The van der Waals surface area contributed by atoms with Gasteiger partial charge in [-0.1, -0.05) is 30.0 Å². The number of ether oxygens (including phenoxy) is 2. The lowest BCUT2D eigenvalue weighted by atomic mass is 10.1. The van der Waals surface area contributed by atoms with Crippen LogP contribution in [0.4, 0.5) is 0 Å². The standard InChI is InChI=1S/C17H12N2O3S/c20-14(11-5-6-15-16(7-11)22-10-21-15)8-23-17-12-3-1-2-4-13(12)18-9-19-17/h1-7,9H,8,10H2. The zero-order chi connectivity index (χ0) is 15.6. The van der Waals surface area contributed by atoms with E-state index in [-0.39, 0.29) is 12.6 Å². The monoisotopic (exact) mass is 324 g/mol. The van der Waals surface area contributed by atoms with Crippen LogP contribution in [0.2, 0.25) is 0 Å². The third kappa shape index (κ3) is 2.73. The molecule has 0 N–H and O–H groups in total. The summed E-state index contributed by atoms with van der Waals surface area (Å²) in [5.41, 5.74) is 1.49. The van der Waals surface area contributed by atoms with E-state index in [9.17, 15) is 4.79 Å². The van der Waals surface area contributed by atoms with Gasteiger partial charge >= 0.3 is 0 Å². The molecule has 0 bridgehead atoms. The second kappa shape index (κ2) is 5.89. The van der Waals surface area contributed by atoms with Gasteiger partial charge in [-0.15, -0.1) is 0 Å². The van der Waals surface area contributed by atoms with Crippen molar-refractivity contribution < 1.29 is 14.3 Å². The van der Waals surface area contributed by atoms with E-state index in [0.29, 0.717) is 22.8 Å². The van der Waals surface area contributed by atoms with Crippen molar-refractivity contribution in [3.05, 3.63) is 54.4 Å². The van der Waals surface area contributed by atoms with E-state index in [1.54, 1.807) is 18.2 Å². The second-order valence-corrected chi connectivity index (χ2v) is 5.94. The predicted molar refractivity (Wildman–Crippen MR) is 87.2 cm³/mol. The first kappa shape index (κ1) is 14.0. The predicted octanol–water partition coefficient (Wildman–Crippen LogP) is 3.33. The minimum Gasteiger partial charge on any atom is -0.454 e. The number of Topliss-reactive ketones (excluding diaryl/α,β-unsaturated/α-hetero) is 1. The summed E-state index contributed by atoms with van der Waals surface area (Å²) in [5.74, 6) is 1.63. The molecule has 6 heteroatoms. The summed E-state index contributed by atoms with van der Waals surface area (Å²) in [4.78, 5) is 20.9. The highest BCUT2D eigenvalue weighted by Crippen LogP contribution is 2.33. The molecule has 5 nitrogen and oxygen atoms in total. The molecule has 0 fully saturated rings. The van der Waals surface area contributed by atoms with Crippen LogP contribution in [0.3, 0.4) is 0 Å². The Balaban J connectivity index is 1.53. The highest BCUT2D eigenvalue weighted by Gasteiger charge is 2.16. The average molecular weight is 324 g/mol. The molecule has 1 aromatic heterocycles. The molecule has 2 heterocycles. The van der Waals surface area contributed by atoms with Crippen LogP contribution in [0.1, 0.15) is 10.4 Å². The molecule has 114 valence electrons. The van der Waals surface area contributed by atoms with Gasteiger partial charge in [0.25, 0.3) is 0 Å². The number of hydrogen-bond donors (Lipinski definition) is 0. The molecule has 0 saturated carbocycles. The van der Waals surface area contributed by atoms with E-state index in [2.05, 4.69) is 9.97 Å². The Morgan fingerprint density at radius 2 is 1.96 bits per heavy atom. The van der Waals surface area contributed by atoms with E-state index >= 15 is 0 Å². The van der Waals surface area contributed by atoms with Gasteiger partial charge in [0.2, 0.25) is 6.79 Å². The number of thioether (sulfide) groups is 1. The molecule has 1 aliphatic heterocycles. The smallest absolute Gasteiger partial charge is 0.231 e. The number of fused-ring (bicyclic) bond motifs is 2. The lowest BCUT2D eigenvalue weighted by Crippen LogP contribution is -2.02. The first-order valence-electron chi connectivity index (χ1n) is 7.07. The maximum Gasteiger partial charge on any atom is 0.231 e. The maximum absolute atomic E-state index is 12.4. The Morgan fingerprint density at radius 1 is 1.09 bits per heavy atom. The second-order valence-electron chi connectivity index (χ2n) is 4.98. The Hall–Kier alpha value is -2.60. The number of nitrogens with zero attached hydrogens (tertiary/aromatic N) is 2. The van der Waals surface area contributed by atoms with Crippen molar-refractivity contribution in [1.29, 1.82) is 0 Å². The van der Waals surface area contributed by atoms with Crippen LogP contribution < -0.4 is 9.47 Å². The molecule has 0 atom stereocenters. The Bertz CT molecular complexity index is 893. The lowest BCUT2D eigenvalue weighted by Gasteiger charge is -2.05. The van der Waals surface area contributed by atoms with Crippen LogP contribution in [-0.4, -0.2) is 28.3 Å². The van der Waals surface area contributed by atoms with Gasteiger partial charge in [0, 0.05) is 10.9 Å². The van der Waals surface area contributed by atoms with Crippen molar-refractivity contribution in [2.45, 2.75) is 5.03 Å². The first-order valence-corrected chi connectivity index (χ1v) is 8.05. The van der Waals surface area contributed by atoms with Gasteiger partial charge in [-0.2, -0.15) is 0 Å². The molecule has 23 heavy (non-hydrogen) atoms. The van der Waals surface area contributed by atoms with Crippen molar-refractivity contribution in [2.24, 2.45) is 0 Å². The van der Waals surface area contributed by atoms with E-state index < -0.39 is 0 Å². The summed E-state index contributed by atoms with van der Waals surface area (Å²) in [5, 5.41) is 1.77. The number of aromatic nitrogens is 2. The van der Waals surface area contributed by atoms with Gasteiger partial charge in [0.15, 0.2) is 17.3 Å². The normalized spacial score (nSPS) is 12.5. The summed E-state index contributed by atoms with van der Waals surface area (Å²) in [6.45, 7) is 0.203. The molecule has 4 rings (SSSR count). The largest absolute Gasteiger partial charge is 0.454 e. The SMILES string of the molecule is O=C(CSc1ncnc2ccccc12)c1ccc2c(c1)OCO2. The molecule has 0 saturated heterocycles. The van der Waals surface area contributed by atoms with Crippen LogP contribution in [0.5, 0.6) is 11.5 Å². The van der Waals surface area contributed by atoms with Gasteiger partial charge in [0.05, 0.1) is 11.3 Å². The summed E-state index contributed by atoms with van der Waals surface area (Å²) in [7, 11) is 0. The fourth-order valence-electron chi connectivity index (χ4n) is 2.38. The van der Waals surface area contributed by atoms with Crippen LogP contribution in [0.25, 0.3) is 10.9 Å². The van der Waals surface area contributed by atoms with Crippen LogP contribution in [0, 0.1) is 0 Å². The van der Waals surface area contributed by atoms with Crippen LogP contribution in [-0.2, 0) is 0 Å². The molecule has 1 aliphatic rings. The Kier molecular flexibility index (Phi) is 3.59. The number of rotatable bonds is 4. The molecule has 0 radical (unpaired) electrons. The Labute approximate surface area is 136 Å². The van der Waals surface area contributed by atoms with Gasteiger partial charge < -0.3 is 9.47 Å². The number of carbonyl (C=O) groups is 1.